The van der Waals surface area contributed by atoms with E-state index in [-0.39, 0.29) is 5.91 Å². The molecule has 0 bridgehead atoms. The minimum Gasteiger partial charge on any atom is -0.459 e. The molecular weight excluding hydrogens is 244 g/mol. The maximum absolute atomic E-state index is 11.5. The Morgan fingerprint density at radius 1 is 1.42 bits per heavy atom. The Morgan fingerprint density at radius 3 is 2.79 bits per heavy atom. The zero-order valence-corrected chi connectivity index (χ0v) is 11.5. The summed E-state index contributed by atoms with van der Waals surface area (Å²) >= 11 is 0. The molecule has 0 aliphatic carbocycles. The van der Waals surface area contributed by atoms with Gasteiger partial charge in [0, 0.05) is 19.6 Å². The molecule has 0 aliphatic rings. The number of nitrogens with one attached hydrogen (secondary N) is 2. The second-order valence-corrected chi connectivity index (χ2v) is 4.61. The van der Waals surface area contributed by atoms with E-state index < -0.39 is 0 Å². The Balaban J connectivity index is 2.11. The van der Waals surface area contributed by atoms with Crippen LogP contribution in [0.3, 0.4) is 0 Å². The van der Waals surface area contributed by atoms with Crippen LogP contribution in [0.1, 0.15) is 30.8 Å². The van der Waals surface area contributed by atoms with Crippen molar-refractivity contribution < 1.29 is 9.21 Å². The zero-order chi connectivity index (χ0) is 14.1. The predicted molar refractivity (Wildman–Crippen MR) is 75.0 cm³/mol. The van der Waals surface area contributed by atoms with Crippen molar-refractivity contribution in [2.24, 2.45) is 16.6 Å². The molecule has 19 heavy (non-hydrogen) atoms. The lowest BCUT2D eigenvalue weighted by atomic mass is 10.1. The van der Waals surface area contributed by atoms with E-state index in [1.165, 1.54) is 6.26 Å². The Hall–Kier alpha value is -1.98. The Bertz CT molecular complexity index is 399. The van der Waals surface area contributed by atoms with Gasteiger partial charge in [-0.15, -0.1) is 0 Å². The molecule has 0 unspecified atom stereocenters. The van der Waals surface area contributed by atoms with E-state index in [0.29, 0.717) is 30.7 Å². The van der Waals surface area contributed by atoms with Gasteiger partial charge in [-0.2, -0.15) is 0 Å². The minimum atomic E-state index is -0.234. The fraction of sp³-hybridized carbons (Fsp3) is 0.538. The van der Waals surface area contributed by atoms with Gasteiger partial charge in [0.2, 0.25) is 0 Å². The third-order valence-corrected chi connectivity index (χ3v) is 2.45. The average Bonchev–Trinajstić information content (AvgIpc) is 2.87. The van der Waals surface area contributed by atoms with Crippen molar-refractivity contribution in [1.29, 1.82) is 0 Å². The number of carbonyl (C=O) groups excluding carboxylic acids is 1. The van der Waals surface area contributed by atoms with E-state index in [9.17, 15) is 4.79 Å². The highest BCUT2D eigenvalue weighted by Gasteiger charge is 2.06. The van der Waals surface area contributed by atoms with Gasteiger partial charge in [0.15, 0.2) is 11.7 Å². The van der Waals surface area contributed by atoms with Crippen LogP contribution >= 0.6 is 0 Å². The smallest absolute Gasteiger partial charge is 0.287 e. The van der Waals surface area contributed by atoms with Crippen LogP contribution in [0, 0.1) is 5.92 Å². The van der Waals surface area contributed by atoms with Gasteiger partial charge >= 0.3 is 0 Å². The summed E-state index contributed by atoms with van der Waals surface area (Å²) in [6, 6.07) is 3.29. The number of guanidine groups is 1. The highest BCUT2D eigenvalue weighted by molar-refractivity contribution is 5.91. The first-order chi connectivity index (χ1) is 9.09. The zero-order valence-electron chi connectivity index (χ0n) is 11.5. The first-order valence-electron chi connectivity index (χ1n) is 6.45. The van der Waals surface area contributed by atoms with Crippen molar-refractivity contribution in [1.82, 2.24) is 10.6 Å². The van der Waals surface area contributed by atoms with Gasteiger partial charge in [0.05, 0.1) is 6.26 Å². The molecule has 0 aliphatic heterocycles. The molecule has 0 radical (unpaired) electrons. The molecule has 106 valence electrons. The van der Waals surface area contributed by atoms with E-state index in [2.05, 4.69) is 29.5 Å². The largest absolute Gasteiger partial charge is 0.459 e. The summed E-state index contributed by atoms with van der Waals surface area (Å²) in [6.07, 6.45) is 2.48. The molecular formula is C13H22N4O2. The van der Waals surface area contributed by atoms with E-state index in [1.807, 2.05) is 0 Å². The molecule has 0 saturated carbocycles. The molecule has 0 aromatic carbocycles. The maximum atomic E-state index is 11.5. The highest BCUT2D eigenvalue weighted by Crippen LogP contribution is 1.98. The van der Waals surface area contributed by atoms with Crippen LogP contribution in [0.25, 0.3) is 0 Å². The lowest BCUT2D eigenvalue weighted by Gasteiger charge is -2.07. The normalized spacial score (nSPS) is 11.6. The quantitative estimate of drug-likeness (QED) is 0.389. The van der Waals surface area contributed by atoms with Crippen LogP contribution in [0.5, 0.6) is 0 Å². The van der Waals surface area contributed by atoms with Crippen molar-refractivity contribution in [2.75, 3.05) is 19.6 Å². The van der Waals surface area contributed by atoms with E-state index in [0.717, 1.165) is 13.0 Å². The molecule has 1 aromatic heterocycles. The van der Waals surface area contributed by atoms with Crippen molar-refractivity contribution in [3.63, 3.8) is 0 Å². The fourth-order valence-corrected chi connectivity index (χ4v) is 1.36. The molecule has 6 nitrogen and oxygen atoms in total. The molecule has 6 heteroatoms. The molecule has 1 rings (SSSR count). The summed E-state index contributed by atoms with van der Waals surface area (Å²) in [5.41, 5.74) is 5.68. The van der Waals surface area contributed by atoms with E-state index in [1.54, 1.807) is 12.1 Å². The number of hydrogen-bond donors (Lipinski definition) is 3. The first-order valence-corrected chi connectivity index (χ1v) is 6.45. The van der Waals surface area contributed by atoms with Gasteiger partial charge in [-0.1, -0.05) is 13.8 Å². The summed E-state index contributed by atoms with van der Waals surface area (Å²) < 4.78 is 4.97. The Morgan fingerprint density at radius 2 is 2.16 bits per heavy atom. The second kappa shape index (κ2) is 8.18. The van der Waals surface area contributed by atoms with E-state index >= 15 is 0 Å². The number of hydrogen-bond acceptors (Lipinski definition) is 3. The number of nitrogens with zero attached hydrogens (tertiary/aromatic N) is 1. The van der Waals surface area contributed by atoms with Crippen LogP contribution < -0.4 is 16.4 Å². The van der Waals surface area contributed by atoms with Crippen LogP contribution in [0.15, 0.2) is 27.8 Å². The van der Waals surface area contributed by atoms with E-state index in [4.69, 9.17) is 10.2 Å². The van der Waals surface area contributed by atoms with Crippen LogP contribution in [0.2, 0.25) is 0 Å². The molecule has 0 atom stereocenters. The Kier molecular flexibility index (Phi) is 6.49. The monoisotopic (exact) mass is 266 g/mol. The van der Waals surface area contributed by atoms with Crippen LogP contribution in [0.4, 0.5) is 0 Å². The molecule has 1 heterocycles. The summed E-state index contributed by atoms with van der Waals surface area (Å²) in [5, 5.41) is 5.65. The number of furan rings is 1. The predicted octanol–water partition coefficient (Wildman–Crippen LogP) is 0.960. The van der Waals surface area contributed by atoms with Crippen LogP contribution in [-0.4, -0.2) is 31.5 Å². The Labute approximate surface area is 113 Å². The minimum absolute atomic E-state index is 0.234. The lowest BCUT2D eigenvalue weighted by Crippen LogP contribution is -2.38. The third-order valence-electron chi connectivity index (χ3n) is 2.45. The average molecular weight is 266 g/mol. The maximum Gasteiger partial charge on any atom is 0.287 e. The molecule has 0 fully saturated rings. The van der Waals surface area contributed by atoms with Gasteiger partial charge in [-0.3, -0.25) is 9.79 Å². The number of carbonyl (C=O) groups is 1. The molecule has 0 saturated heterocycles. The van der Waals surface area contributed by atoms with Crippen molar-refractivity contribution in [3.8, 4) is 0 Å². The number of amides is 1. The number of aliphatic imine (C=N–C) groups is 1. The molecule has 4 N–H and O–H groups in total. The summed E-state index contributed by atoms with van der Waals surface area (Å²) in [4.78, 5) is 15.7. The fourth-order valence-electron chi connectivity index (χ4n) is 1.36. The number of rotatable bonds is 7. The molecule has 1 aromatic rings. The van der Waals surface area contributed by atoms with Gasteiger partial charge in [-0.05, 0) is 24.5 Å². The summed E-state index contributed by atoms with van der Waals surface area (Å²) in [7, 11) is 0. The van der Waals surface area contributed by atoms with Gasteiger partial charge in [0.25, 0.3) is 5.91 Å². The molecule has 0 spiro atoms. The van der Waals surface area contributed by atoms with Crippen molar-refractivity contribution in [3.05, 3.63) is 24.2 Å². The van der Waals surface area contributed by atoms with Crippen molar-refractivity contribution >= 4 is 11.9 Å². The van der Waals surface area contributed by atoms with Gasteiger partial charge in [0.1, 0.15) is 0 Å². The van der Waals surface area contributed by atoms with Gasteiger partial charge in [-0.25, -0.2) is 0 Å². The number of nitrogens with two attached hydrogens (primary N) is 1. The topological polar surface area (TPSA) is 92.6 Å². The first kappa shape index (κ1) is 15.1. The lowest BCUT2D eigenvalue weighted by molar-refractivity contribution is 0.0926. The summed E-state index contributed by atoms with van der Waals surface area (Å²) in [6.45, 7) is 5.99. The summed E-state index contributed by atoms with van der Waals surface area (Å²) in [5.74, 6) is 1.10. The van der Waals surface area contributed by atoms with Gasteiger partial charge < -0.3 is 20.8 Å². The highest BCUT2D eigenvalue weighted by atomic mass is 16.3. The third kappa shape index (κ3) is 6.49. The molecule has 1 amide bonds. The second-order valence-electron chi connectivity index (χ2n) is 4.61. The SMILES string of the molecule is CC(C)CCN=C(N)NCCNC(=O)c1ccco1. The standard InChI is InChI=1S/C13H22N4O2/c1-10(2)5-6-16-13(14)17-8-7-15-12(18)11-4-3-9-19-11/h3-4,9-10H,5-8H2,1-2H3,(H,15,18)(H3,14,16,17). The van der Waals surface area contributed by atoms with Crippen LogP contribution in [-0.2, 0) is 0 Å². The van der Waals surface area contributed by atoms with Crippen molar-refractivity contribution in [2.45, 2.75) is 20.3 Å².